The number of carboxylic acids is 1. The van der Waals surface area contributed by atoms with Gasteiger partial charge in [-0.15, -0.1) is 0 Å². The molecule has 0 radical (unpaired) electrons. The molecule has 27 heavy (non-hydrogen) atoms. The predicted octanol–water partition coefficient (Wildman–Crippen LogP) is 4.05. The van der Waals surface area contributed by atoms with Crippen LogP contribution in [0.1, 0.15) is 78.2 Å². The summed E-state index contributed by atoms with van der Waals surface area (Å²) in [7, 11) is -0.317. The van der Waals surface area contributed by atoms with Crippen LogP contribution in [0.15, 0.2) is 24.3 Å². The van der Waals surface area contributed by atoms with Crippen LogP contribution in [-0.4, -0.2) is 29.4 Å². The van der Waals surface area contributed by atoms with Crippen LogP contribution >= 0.6 is 0 Å². The van der Waals surface area contributed by atoms with Crippen LogP contribution in [0.4, 0.5) is 0 Å². The van der Waals surface area contributed by atoms with Crippen LogP contribution in [-0.2, 0) is 19.5 Å². The quantitative estimate of drug-likeness (QED) is 0.813. The maximum Gasteiger partial charge on any atom is 0.494 e. The molecule has 0 aromatic heterocycles. The third kappa shape index (κ3) is 3.13. The number of aliphatic carboxylic acids is 1. The van der Waals surface area contributed by atoms with E-state index in [9.17, 15) is 9.90 Å². The van der Waals surface area contributed by atoms with Crippen molar-refractivity contribution in [3.8, 4) is 0 Å². The second-order valence-electron chi connectivity index (χ2n) is 10.1. The van der Waals surface area contributed by atoms with Crippen molar-refractivity contribution in [1.82, 2.24) is 0 Å². The van der Waals surface area contributed by atoms with Gasteiger partial charge in [0.15, 0.2) is 0 Å². The van der Waals surface area contributed by atoms with Gasteiger partial charge in [-0.1, -0.05) is 24.3 Å². The Morgan fingerprint density at radius 2 is 1.41 bits per heavy atom. The van der Waals surface area contributed by atoms with Crippen LogP contribution in [0.25, 0.3) is 0 Å². The number of carbonyl (C=O) groups is 1. The van der Waals surface area contributed by atoms with Crippen molar-refractivity contribution in [2.24, 2.45) is 5.41 Å². The predicted molar refractivity (Wildman–Crippen MR) is 106 cm³/mol. The van der Waals surface area contributed by atoms with E-state index in [-0.39, 0.29) is 29.2 Å². The lowest BCUT2D eigenvalue weighted by Gasteiger charge is -2.53. The minimum Gasteiger partial charge on any atom is -0.481 e. The molecule has 0 amide bonds. The van der Waals surface area contributed by atoms with Crippen molar-refractivity contribution in [3.05, 3.63) is 29.8 Å². The molecule has 1 aromatic rings. The van der Waals surface area contributed by atoms with Gasteiger partial charge in [0.1, 0.15) is 0 Å². The topological polar surface area (TPSA) is 55.8 Å². The van der Waals surface area contributed by atoms with Crippen molar-refractivity contribution in [2.75, 3.05) is 0 Å². The standard InChI is InChI=1S/C22H31BO4/c1-19(2)20(3,4)27-23(26-19)17-7-5-16(6-8-17)22-12-9-21(10-13-22,11-14-22)15-18(24)25/h5-8H,9-15H2,1-4H3,(H,24,25). The van der Waals surface area contributed by atoms with Gasteiger partial charge < -0.3 is 14.4 Å². The summed E-state index contributed by atoms with van der Waals surface area (Å²) < 4.78 is 12.3. The SMILES string of the molecule is CC1(C)OB(c2ccc(C34CCC(CC(=O)O)(CC3)CC4)cc2)OC1(C)C. The lowest BCUT2D eigenvalue weighted by molar-refractivity contribution is -0.142. The first-order valence-electron chi connectivity index (χ1n) is 10.2. The summed E-state index contributed by atoms with van der Waals surface area (Å²) in [5.74, 6) is -0.642. The van der Waals surface area contributed by atoms with E-state index in [2.05, 4.69) is 52.0 Å². The number of benzene rings is 1. The van der Waals surface area contributed by atoms with Crippen molar-refractivity contribution in [1.29, 1.82) is 0 Å². The molecule has 5 heteroatoms. The first kappa shape index (κ1) is 19.0. The fourth-order valence-corrected chi connectivity index (χ4v) is 5.26. The highest BCUT2D eigenvalue weighted by atomic mass is 16.7. The Bertz CT molecular complexity index is 697. The number of rotatable bonds is 4. The first-order chi connectivity index (χ1) is 12.6. The second-order valence-corrected chi connectivity index (χ2v) is 10.1. The Hall–Kier alpha value is -1.33. The molecule has 1 aliphatic heterocycles. The van der Waals surface area contributed by atoms with Gasteiger partial charge in [0.2, 0.25) is 0 Å². The van der Waals surface area contributed by atoms with Crippen LogP contribution in [0.5, 0.6) is 0 Å². The van der Waals surface area contributed by atoms with Crippen molar-refractivity contribution in [2.45, 2.75) is 89.3 Å². The zero-order valence-corrected chi connectivity index (χ0v) is 17.0. The Morgan fingerprint density at radius 3 is 1.85 bits per heavy atom. The summed E-state index contributed by atoms with van der Waals surface area (Å²) in [6.07, 6.45) is 6.78. The zero-order chi connectivity index (χ0) is 19.5. The average molecular weight is 370 g/mol. The Kier molecular flexibility index (Phi) is 4.28. The summed E-state index contributed by atoms with van der Waals surface area (Å²) in [6.45, 7) is 8.31. The van der Waals surface area contributed by atoms with Gasteiger partial charge >= 0.3 is 13.1 Å². The molecule has 0 unspecified atom stereocenters. The van der Waals surface area contributed by atoms with Gasteiger partial charge in [0.05, 0.1) is 17.6 Å². The average Bonchev–Trinajstić information content (AvgIpc) is 2.83. The molecule has 2 bridgehead atoms. The molecule has 1 heterocycles. The summed E-state index contributed by atoms with van der Waals surface area (Å²) >= 11 is 0. The lowest BCUT2D eigenvalue weighted by atomic mass is 9.51. The molecular formula is C22H31BO4. The third-order valence-corrected chi connectivity index (χ3v) is 7.98. The number of hydrogen-bond donors (Lipinski definition) is 1. The molecular weight excluding hydrogens is 339 g/mol. The molecule has 4 fully saturated rings. The lowest BCUT2D eigenvalue weighted by Crippen LogP contribution is -2.45. The van der Waals surface area contributed by atoms with Crippen molar-refractivity contribution in [3.63, 3.8) is 0 Å². The van der Waals surface area contributed by atoms with Crippen LogP contribution in [0.3, 0.4) is 0 Å². The van der Waals surface area contributed by atoms with E-state index < -0.39 is 5.97 Å². The van der Waals surface area contributed by atoms with E-state index in [0.29, 0.717) is 6.42 Å². The summed E-state index contributed by atoms with van der Waals surface area (Å²) in [5, 5.41) is 9.24. The number of hydrogen-bond acceptors (Lipinski definition) is 3. The fourth-order valence-electron chi connectivity index (χ4n) is 5.26. The van der Waals surface area contributed by atoms with E-state index in [1.165, 1.54) is 5.56 Å². The normalized spacial score (nSPS) is 34.0. The number of fused-ring (bicyclic) bond motifs is 3. The largest absolute Gasteiger partial charge is 0.494 e. The molecule has 146 valence electrons. The molecule has 4 nitrogen and oxygen atoms in total. The van der Waals surface area contributed by atoms with E-state index in [4.69, 9.17) is 9.31 Å². The molecule has 3 aliphatic carbocycles. The maximum atomic E-state index is 11.2. The molecule has 1 saturated heterocycles. The zero-order valence-electron chi connectivity index (χ0n) is 17.0. The minimum atomic E-state index is -0.642. The summed E-state index contributed by atoms with van der Waals surface area (Å²) in [6, 6.07) is 8.80. The summed E-state index contributed by atoms with van der Waals surface area (Å²) in [5.41, 5.74) is 2.10. The van der Waals surface area contributed by atoms with E-state index in [1.807, 2.05) is 0 Å². The summed E-state index contributed by atoms with van der Waals surface area (Å²) in [4.78, 5) is 11.2. The van der Waals surface area contributed by atoms with Gasteiger partial charge in [-0.2, -0.15) is 0 Å². The number of carboxylic acid groups (broad SMARTS) is 1. The van der Waals surface area contributed by atoms with Gasteiger partial charge in [0.25, 0.3) is 0 Å². The monoisotopic (exact) mass is 370 g/mol. The molecule has 1 N–H and O–H groups in total. The fraction of sp³-hybridized carbons (Fsp3) is 0.682. The van der Waals surface area contributed by atoms with Gasteiger partial charge in [-0.05, 0) is 88.1 Å². The van der Waals surface area contributed by atoms with Crippen molar-refractivity contribution >= 4 is 18.6 Å². The van der Waals surface area contributed by atoms with Crippen LogP contribution in [0, 0.1) is 5.41 Å². The van der Waals surface area contributed by atoms with E-state index >= 15 is 0 Å². The molecule has 0 spiro atoms. The first-order valence-corrected chi connectivity index (χ1v) is 10.2. The van der Waals surface area contributed by atoms with Crippen LogP contribution < -0.4 is 5.46 Å². The second kappa shape index (κ2) is 6.08. The molecule has 4 aliphatic rings. The van der Waals surface area contributed by atoms with E-state index in [1.54, 1.807) is 0 Å². The highest BCUT2D eigenvalue weighted by Gasteiger charge is 2.52. The van der Waals surface area contributed by atoms with E-state index in [0.717, 1.165) is 44.0 Å². The van der Waals surface area contributed by atoms with Gasteiger partial charge in [-0.25, -0.2) is 0 Å². The molecule has 3 saturated carbocycles. The van der Waals surface area contributed by atoms with Crippen LogP contribution in [0.2, 0.25) is 0 Å². The Balaban J connectivity index is 1.49. The molecule has 1 aromatic carbocycles. The van der Waals surface area contributed by atoms with Gasteiger partial charge in [0, 0.05) is 0 Å². The molecule has 0 atom stereocenters. The highest BCUT2D eigenvalue weighted by Crippen LogP contribution is 2.59. The highest BCUT2D eigenvalue weighted by molar-refractivity contribution is 6.62. The maximum absolute atomic E-state index is 11.2. The minimum absolute atomic E-state index is 0.0518. The molecule has 5 rings (SSSR count). The van der Waals surface area contributed by atoms with Gasteiger partial charge in [-0.3, -0.25) is 4.79 Å². The van der Waals surface area contributed by atoms with Crippen molar-refractivity contribution < 1.29 is 19.2 Å². The Morgan fingerprint density at radius 1 is 0.926 bits per heavy atom. The third-order valence-electron chi connectivity index (χ3n) is 7.98. The Labute approximate surface area is 162 Å². The smallest absolute Gasteiger partial charge is 0.481 e.